The molecule has 2 aliphatic rings. The molecule has 1 fully saturated rings. The van der Waals surface area contributed by atoms with Gasteiger partial charge in [-0.05, 0) is 42.8 Å². The zero-order valence-corrected chi connectivity index (χ0v) is 17.7. The van der Waals surface area contributed by atoms with Gasteiger partial charge in [0.25, 0.3) is 0 Å². The highest BCUT2D eigenvalue weighted by molar-refractivity contribution is 7.89. The monoisotopic (exact) mass is 437 g/mol. The molecule has 1 saturated heterocycles. The molecule has 1 atom stereocenters. The molecule has 9 heteroatoms. The molecule has 1 unspecified atom stereocenters. The molecule has 0 amide bonds. The number of benzene rings is 2. The molecule has 2 aliphatic heterocycles. The Labute approximate surface area is 183 Å². The average molecular weight is 438 g/mol. The van der Waals surface area contributed by atoms with E-state index in [0.717, 1.165) is 54.4 Å². The van der Waals surface area contributed by atoms with Crippen LogP contribution in [-0.2, 0) is 22.5 Å². The molecule has 3 aromatic rings. The molecule has 3 heterocycles. The maximum atomic E-state index is 11.5. The maximum absolute atomic E-state index is 11.5. The summed E-state index contributed by atoms with van der Waals surface area (Å²) in [4.78, 5) is 14.7. The van der Waals surface area contributed by atoms with Crippen molar-refractivity contribution in [3.8, 4) is 17.0 Å². The van der Waals surface area contributed by atoms with Crippen LogP contribution >= 0.6 is 0 Å². The third kappa shape index (κ3) is 3.92. The molecular weight excluding hydrogens is 414 g/mol. The van der Waals surface area contributed by atoms with Gasteiger partial charge in [0.2, 0.25) is 5.95 Å². The average Bonchev–Trinajstić information content (AvgIpc) is 3.23. The Bertz CT molecular complexity index is 1090. The number of aromatic nitrogens is 2. The standard InChI is InChI=1S/C22H23N5O3S/c23-31(29)18-6-4-16(5-7-18)27-9-8-19-20(15-2-1-3-17(28)14-15)24-22(25-21(19)27)26-10-12-30-13-11-26/h1-7,14,28H,8-13,23H2. The van der Waals surface area contributed by atoms with Gasteiger partial charge in [0.05, 0.1) is 30.3 Å². The van der Waals surface area contributed by atoms with E-state index in [4.69, 9.17) is 19.8 Å². The van der Waals surface area contributed by atoms with E-state index in [-0.39, 0.29) is 5.75 Å². The Hall–Kier alpha value is -2.85. The number of anilines is 3. The zero-order chi connectivity index (χ0) is 21.4. The van der Waals surface area contributed by atoms with Crippen LogP contribution in [0, 0.1) is 0 Å². The molecule has 0 radical (unpaired) electrons. The number of rotatable bonds is 4. The molecule has 8 nitrogen and oxygen atoms in total. The molecule has 0 aliphatic carbocycles. The topological polar surface area (TPSA) is 111 Å². The summed E-state index contributed by atoms with van der Waals surface area (Å²) in [5.74, 6) is 1.72. The first-order valence-corrected chi connectivity index (χ1v) is 11.4. The van der Waals surface area contributed by atoms with Crippen LogP contribution in [0.3, 0.4) is 0 Å². The summed E-state index contributed by atoms with van der Waals surface area (Å²) in [6.45, 7) is 3.50. The number of hydrogen-bond donors (Lipinski definition) is 2. The van der Waals surface area contributed by atoms with Crippen LogP contribution in [0.5, 0.6) is 5.75 Å². The summed E-state index contributed by atoms with van der Waals surface area (Å²) in [5.41, 5.74) is 3.71. The predicted octanol–water partition coefficient (Wildman–Crippen LogP) is 2.36. The molecule has 2 aromatic carbocycles. The first kappa shape index (κ1) is 20.1. The van der Waals surface area contributed by atoms with Gasteiger partial charge in [0.1, 0.15) is 11.6 Å². The van der Waals surface area contributed by atoms with Crippen LogP contribution in [0.25, 0.3) is 11.3 Å². The summed E-state index contributed by atoms with van der Waals surface area (Å²) in [5, 5.41) is 15.5. The molecule has 0 spiro atoms. The van der Waals surface area contributed by atoms with Crippen molar-refractivity contribution >= 4 is 28.8 Å². The van der Waals surface area contributed by atoms with Crippen LogP contribution in [0.4, 0.5) is 17.5 Å². The zero-order valence-electron chi connectivity index (χ0n) is 16.9. The number of hydrogen-bond acceptors (Lipinski definition) is 8. The van der Waals surface area contributed by atoms with Gasteiger partial charge in [-0.25, -0.2) is 4.98 Å². The summed E-state index contributed by atoms with van der Waals surface area (Å²) in [7, 11) is 0. The minimum Gasteiger partial charge on any atom is -0.593 e. The first-order chi connectivity index (χ1) is 15.1. The molecule has 160 valence electrons. The van der Waals surface area contributed by atoms with Crippen molar-refractivity contribution in [2.45, 2.75) is 11.3 Å². The normalized spacial score (nSPS) is 17.0. The van der Waals surface area contributed by atoms with E-state index in [1.807, 2.05) is 24.3 Å². The van der Waals surface area contributed by atoms with E-state index >= 15 is 0 Å². The van der Waals surface area contributed by atoms with E-state index in [0.29, 0.717) is 24.1 Å². The van der Waals surface area contributed by atoms with E-state index in [1.165, 1.54) is 0 Å². The van der Waals surface area contributed by atoms with Crippen LogP contribution in [0.1, 0.15) is 5.56 Å². The Kier molecular flexibility index (Phi) is 5.41. The van der Waals surface area contributed by atoms with Gasteiger partial charge in [0.15, 0.2) is 4.90 Å². The van der Waals surface area contributed by atoms with E-state index < -0.39 is 11.4 Å². The quantitative estimate of drug-likeness (QED) is 0.599. The summed E-state index contributed by atoms with van der Waals surface area (Å²) >= 11 is -1.51. The van der Waals surface area contributed by atoms with Gasteiger partial charge in [-0.15, -0.1) is 5.14 Å². The summed E-state index contributed by atoms with van der Waals surface area (Å²) < 4.78 is 17.0. The molecule has 0 bridgehead atoms. The Morgan fingerprint density at radius 3 is 2.52 bits per heavy atom. The highest BCUT2D eigenvalue weighted by Gasteiger charge is 2.29. The van der Waals surface area contributed by atoms with E-state index in [9.17, 15) is 9.66 Å². The minimum atomic E-state index is -1.51. The second kappa shape index (κ2) is 8.35. The summed E-state index contributed by atoms with van der Waals surface area (Å²) in [6.07, 6.45) is 0.786. The molecular formula is C22H23N5O3S. The van der Waals surface area contributed by atoms with Gasteiger partial charge in [0, 0.05) is 36.4 Å². The largest absolute Gasteiger partial charge is 0.593 e. The van der Waals surface area contributed by atoms with Crippen molar-refractivity contribution in [2.24, 2.45) is 5.14 Å². The number of aromatic hydroxyl groups is 1. The fourth-order valence-corrected chi connectivity index (χ4v) is 4.46. The first-order valence-electron chi connectivity index (χ1n) is 10.2. The van der Waals surface area contributed by atoms with Crippen LogP contribution < -0.4 is 14.9 Å². The van der Waals surface area contributed by atoms with Crippen molar-refractivity contribution in [2.75, 3.05) is 42.6 Å². The van der Waals surface area contributed by atoms with Crippen molar-refractivity contribution in [3.05, 3.63) is 54.1 Å². The van der Waals surface area contributed by atoms with Gasteiger partial charge < -0.3 is 24.2 Å². The number of phenolic OH excluding ortho intramolecular Hbond substituents is 1. The molecule has 5 rings (SSSR count). The molecule has 1 aromatic heterocycles. The highest BCUT2D eigenvalue weighted by atomic mass is 32.2. The van der Waals surface area contributed by atoms with Gasteiger partial charge in [-0.1, -0.05) is 12.1 Å². The minimum absolute atomic E-state index is 0.206. The second-order valence-corrected chi connectivity index (χ2v) is 8.58. The van der Waals surface area contributed by atoms with Gasteiger partial charge >= 0.3 is 0 Å². The number of ether oxygens (including phenoxy) is 1. The van der Waals surface area contributed by atoms with E-state index in [1.54, 1.807) is 24.3 Å². The lowest BCUT2D eigenvalue weighted by molar-refractivity contribution is 0.122. The lowest BCUT2D eigenvalue weighted by atomic mass is 10.1. The number of phenols is 1. The number of fused-ring (bicyclic) bond motifs is 1. The number of morpholine rings is 1. The second-order valence-electron chi connectivity index (χ2n) is 7.52. The fourth-order valence-electron chi connectivity index (χ4n) is 4.05. The van der Waals surface area contributed by atoms with Crippen molar-refractivity contribution in [1.29, 1.82) is 0 Å². The Balaban J connectivity index is 1.60. The number of nitrogens with two attached hydrogens (primary N) is 1. The van der Waals surface area contributed by atoms with Crippen LogP contribution in [0.15, 0.2) is 53.4 Å². The third-order valence-electron chi connectivity index (χ3n) is 5.61. The van der Waals surface area contributed by atoms with Crippen molar-refractivity contribution in [1.82, 2.24) is 9.97 Å². The van der Waals surface area contributed by atoms with Crippen molar-refractivity contribution < 1.29 is 14.4 Å². The van der Waals surface area contributed by atoms with Crippen molar-refractivity contribution in [3.63, 3.8) is 0 Å². The smallest absolute Gasteiger partial charge is 0.228 e. The third-order valence-corrected chi connectivity index (χ3v) is 6.35. The molecule has 3 N–H and O–H groups in total. The Morgan fingerprint density at radius 2 is 1.81 bits per heavy atom. The lowest BCUT2D eigenvalue weighted by Crippen LogP contribution is -2.37. The highest BCUT2D eigenvalue weighted by Crippen LogP contribution is 2.40. The van der Waals surface area contributed by atoms with Gasteiger partial charge in [-0.3, -0.25) is 0 Å². The lowest BCUT2D eigenvalue weighted by Gasteiger charge is -2.28. The Morgan fingerprint density at radius 1 is 1.03 bits per heavy atom. The predicted molar refractivity (Wildman–Crippen MR) is 120 cm³/mol. The fraction of sp³-hybridized carbons (Fsp3) is 0.273. The maximum Gasteiger partial charge on any atom is 0.228 e. The summed E-state index contributed by atoms with van der Waals surface area (Å²) in [6, 6.07) is 14.6. The van der Waals surface area contributed by atoms with Crippen LogP contribution in [0.2, 0.25) is 0 Å². The van der Waals surface area contributed by atoms with Gasteiger partial charge in [-0.2, -0.15) is 4.98 Å². The SMILES string of the molecule is N[S+]([O-])c1ccc(N2CCc3c(-c4cccc(O)c4)nc(N4CCOCC4)nc32)cc1. The van der Waals surface area contributed by atoms with E-state index in [2.05, 4.69) is 9.80 Å². The number of nitrogens with zero attached hydrogens (tertiary/aromatic N) is 4. The molecule has 0 saturated carbocycles. The van der Waals surface area contributed by atoms with Crippen LogP contribution in [-0.4, -0.2) is 52.5 Å². The molecule has 31 heavy (non-hydrogen) atoms.